The van der Waals surface area contributed by atoms with Crippen molar-refractivity contribution in [2.24, 2.45) is 5.73 Å². The van der Waals surface area contributed by atoms with Gasteiger partial charge in [-0.15, -0.1) is 0 Å². The maximum absolute atomic E-state index is 12.2. The zero-order valence-corrected chi connectivity index (χ0v) is 13.7. The predicted octanol–water partition coefficient (Wildman–Crippen LogP) is 1.41. The largest absolute Gasteiger partial charge is 0.379 e. The van der Waals surface area contributed by atoms with E-state index < -0.39 is 5.54 Å². The first kappa shape index (κ1) is 16.4. The Bertz CT molecular complexity index is 518. The molecule has 2 fully saturated rings. The average molecular weight is 317 g/mol. The maximum Gasteiger partial charge on any atom is 0.240 e. The molecule has 5 heteroatoms. The second-order valence-electron chi connectivity index (χ2n) is 6.75. The molecule has 23 heavy (non-hydrogen) atoms. The summed E-state index contributed by atoms with van der Waals surface area (Å²) >= 11 is 0. The van der Waals surface area contributed by atoms with E-state index in [2.05, 4.69) is 34.5 Å². The molecule has 1 heterocycles. The summed E-state index contributed by atoms with van der Waals surface area (Å²) in [5.74, 6) is -0.00704. The molecule has 1 aromatic carbocycles. The molecule has 0 bridgehead atoms. The second kappa shape index (κ2) is 7.43. The van der Waals surface area contributed by atoms with Crippen LogP contribution in [0.3, 0.4) is 0 Å². The van der Waals surface area contributed by atoms with Gasteiger partial charge in [-0.2, -0.15) is 0 Å². The van der Waals surface area contributed by atoms with Gasteiger partial charge in [0.2, 0.25) is 5.91 Å². The number of nitrogens with zero attached hydrogens (tertiary/aromatic N) is 1. The van der Waals surface area contributed by atoms with Gasteiger partial charge in [0.05, 0.1) is 18.8 Å². The summed E-state index contributed by atoms with van der Waals surface area (Å²) in [6.45, 7) is 5.15. The summed E-state index contributed by atoms with van der Waals surface area (Å²) in [5.41, 5.74) is 7.94. The number of amides is 1. The second-order valence-corrected chi connectivity index (χ2v) is 6.75. The number of ether oxygens (including phenoxy) is 1. The molecule has 1 saturated carbocycles. The third-order valence-corrected chi connectivity index (χ3v) is 4.93. The van der Waals surface area contributed by atoms with Gasteiger partial charge in [0.15, 0.2) is 0 Å². The van der Waals surface area contributed by atoms with Crippen LogP contribution in [0.2, 0.25) is 0 Å². The monoisotopic (exact) mass is 317 g/mol. The van der Waals surface area contributed by atoms with E-state index >= 15 is 0 Å². The van der Waals surface area contributed by atoms with E-state index in [0.717, 1.165) is 64.1 Å². The Hall–Kier alpha value is -1.43. The number of rotatable bonds is 5. The number of nitrogens with two attached hydrogens (primary N) is 1. The minimum atomic E-state index is -0.643. The third-order valence-electron chi connectivity index (χ3n) is 4.93. The lowest BCUT2D eigenvalue weighted by atomic mass is 9.98. The van der Waals surface area contributed by atoms with Crippen LogP contribution in [-0.2, 0) is 22.6 Å². The highest BCUT2D eigenvalue weighted by molar-refractivity contribution is 5.86. The molecule has 126 valence electrons. The Morgan fingerprint density at radius 1 is 1.13 bits per heavy atom. The van der Waals surface area contributed by atoms with Crippen molar-refractivity contribution < 1.29 is 9.53 Å². The zero-order valence-electron chi connectivity index (χ0n) is 13.7. The van der Waals surface area contributed by atoms with Crippen molar-refractivity contribution in [3.8, 4) is 0 Å². The minimum Gasteiger partial charge on any atom is -0.379 e. The molecule has 1 aliphatic carbocycles. The van der Waals surface area contributed by atoms with Crippen LogP contribution >= 0.6 is 0 Å². The third kappa shape index (κ3) is 4.31. The lowest BCUT2D eigenvalue weighted by molar-refractivity contribution is -0.126. The van der Waals surface area contributed by atoms with Gasteiger partial charge in [0, 0.05) is 26.2 Å². The van der Waals surface area contributed by atoms with Gasteiger partial charge >= 0.3 is 0 Å². The van der Waals surface area contributed by atoms with E-state index in [1.54, 1.807) is 0 Å². The molecule has 2 aliphatic rings. The Morgan fingerprint density at radius 2 is 1.74 bits per heavy atom. The van der Waals surface area contributed by atoms with E-state index in [9.17, 15) is 4.79 Å². The molecule has 5 nitrogen and oxygen atoms in total. The van der Waals surface area contributed by atoms with Crippen molar-refractivity contribution in [3.05, 3.63) is 35.4 Å². The van der Waals surface area contributed by atoms with Crippen molar-refractivity contribution in [1.82, 2.24) is 10.2 Å². The quantitative estimate of drug-likeness (QED) is 0.861. The number of carbonyl (C=O) groups excluding carboxylic acids is 1. The average Bonchev–Trinajstić information content (AvgIpc) is 3.03. The fourth-order valence-corrected chi connectivity index (χ4v) is 3.37. The molecule has 0 unspecified atom stereocenters. The van der Waals surface area contributed by atoms with E-state index in [4.69, 9.17) is 10.5 Å². The lowest BCUT2D eigenvalue weighted by Gasteiger charge is -2.26. The molecule has 0 radical (unpaired) electrons. The van der Waals surface area contributed by atoms with Crippen molar-refractivity contribution in [2.45, 2.75) is 44.3 Å². The molecule has 0 aromatic heterocycles. The highest BCUT2D eigenvalue weighted by atomic mass is 16.5. The van der Waals surface area contributed by atoms with Crippen LogP contribution in [0, 0.1) is 0 Å². The molecular weight excluding hydrogens is 290 g/mol. The van der Waals surface area contributed by atoms with Crippen LogP contribution in [0.4, 0.5) is 0 Å². The first-order valence-corrected chi connectivity index (χ1v) is 8.61. The van der Waals surface area contributed by atoms with Crippen LogP contribution in [-0.4, -0.2) is 42.6 Å². The van der Waals surface area contributed by atoms with Crippen molar-refractivity contribution >= 4 is 5.91 Å². The Morgan fingerprint density at radius 3 is 2.39 bits per heavy atom. The van der Waals surface area contributed by atoms with Gasteiger partial charge in [-0.1, -0.05) is 37.1 Å². The molecule has 1 saturated heterocycles. The van der Waals surface area contributed by atoms with Gasteiger partial charge in [0.25, 0.3) is 0 Å². The SMILES string of the molecule is NC1(C(=O)NCc2ccc(CN3CCOCC3)cc2)CCCC1. The maximum atomic E-state index is 12.2. The number of hydrogen-bond acceptors (Lipinski definition) is 4. The molecule has 3 rings (SSSR count). The fourth-order valence-electron chi connectivity index (χ4n) is 3.37. The van der Waals surface area contributed by atoms with Gasteiger partial charge in [-0.3, -0.25) is 9.69 Å². The first-order valence-electron chi connectivity index (χ1n) is 8.61. The summed E-state index contributed by atoms with van der Waals surface area (Å²) in [4.78, 5) is 14.6. The smallest absolute Gasteiger partial charge is 0.240 e. The van der Waals surface area contributed by atoms with E-state index in [1.165, 1.54) is 5.56 Å². The first-order chi connectivity index (χ1) is 11.2. The van der Waals surface area contributed by atoms with Crippen LogP contribution in [0.25, 0.3) is 0 Å². The highest BCUT2D eigenvalue weighted by Crippen LogP contribution is 2.27. The molecule has 0 spiro atoms. The van der Waals surface area contributed by atoms with Gasteiger partial charge in [-0.05, 0) is 24.0 Å². The molecular formula is C18H27N3O2. The number of benzene rings is 1. The molecule has 1 amide bonds. The van der Waals surface area contributed by atoms with Crippen molar-refractivity contribution in [2.75, 3.05) is 26.3 Å². The van der Waals surface area contributed by atoms with E-state index in [0.29, 0.717) is 6.54 Å². The van der Waals surface area contributed by atoms with E-state index in [1.807, 2.05) is 0 Å². The summed E-state index contributed by atoms with van der Waals surface area (Å²) < 4.78 is 5.37. The van der Waals surface area contributed by atoms with Crippen LogP contribution in [0.1, 0.15) is 36.8 Å². The molecule has 1 aromatic rings. The standard InChI is InChI=1S/C18H27N3O2/c19-18(7-1-2-8-18)17(22)20-13-15-3-5-16(6-4-15)14-21-9-11-23-12-10-21/h3-6H,1-2,7-14,19H2,(H,20,22). The molecule has 1 aliphatic heterocycles. The van der Waals surface area contributed by atoms with Crippen molar-refractivity contribution in [3.63, 3.8) is 0 Å². The Labute approximate surface area is 138 Å². The normalized spacial score (nSPS) is 21.3. The van der Waals surface area contributed by atoms with E-state index in [-0.39, 0.29) is 5.91 Å². The van der Waals surface area contributed by atoms with Crippen LogP contribution < -0.4 is 11.1 Å². The van der Waals surface area contributed by atoms with Crippen LogP contribution in [0.15, 0.2) is 24.3 Å². The number of nitrogens with one attached hydrogen (secondary N) is 1. The van der Waals surface area contributed by atoms with Crippen LogP contribution in [0.5, 0.6) is 0 Å². The minimum absolute atomic E-state index is 0.00704. The van der Waals surface area contributed by atoms with Gasteiger partial charge in [0.1, 0.15) is 0 Å². The Balaban J connectivity index is 1.48. The predicted molar refractivity (Wildman–Crippen MR) is 89.8 cm³/mol. The zero-order chi connectivity index (χ0) is 16.1. The summed E-state index contributed by atoms with van der Waals surface area (Å²) in [7, 11) is 0. The summed E-state index contributed by atoms with van der Waals surface area (Å²) in [5, 5.41) is 2.99. The summed E-state index contributed by atoms with van der Waals surface area (Å²) in [6.07, 6.45) is 3.72. The van der Waals surface area contributed by atoms with Gasteiger partial charge < -0.3 is 15.8 Å². The Kier molecular flexibility index (Phi) is 5.30. The topological polar surface area (TPSA) is 67.6 Å². The fraction of sp³-hybridized carbons (Fsp3) is 0.611. The highest BCUT2D eigenvalue weighted by Gasteiger charge is 2.36. The number of morpholine rings is 1. The lowest BCUT2D eigenvalue weighted by Crippen LogP contribution is -2.51. The van der Waals surface area contributed by atoms with Gasteiger partial charge in [-0.25, -0.2) is 0 Å². The number of hydrogen-bond donors (Lipinski definition) is 2. The number of carbonyl (C=O) groups is 1. The molecule has 0 atom stereocenters. The van der Waals surface area contributed by atoms with Crippen molar-refractivity contribution in [1.29, 1.82) is 0 Å². The molecule has 3 N–H and O–H groups in total. The summed E-state index contributed by atoms with van der Waals surface area (Å²) in [6, 6.07) is 8.47.